The molecular weight excluding hydrogens is 316 g/mol. The number of amides is 2. The first-order valence-corrected chi connectivity index (χ1v) is 8.07. The van der Waals surface area contributed by atoms with Gasteiger partial charge in [-0.05, 0) is 38.5 Å². The third-order valence-electron chi connectivity index (χ3n) is 2.90. The fourth-order valence-corrected chi connectivity index (χ4v) is 2.40. The average molecular weight is 334 g/mol. The molecule has 0 aliphatic rings. The zero-order chi connectivity index (χ0) is 16.8. The Bertz CT molecular complexity index is 702. The number of carbonyl (C=O) groups excluding carboxylic acids is 2. The van der Waals surface area contributed by atoms with Crippen LogP contribution < -0.4 is 10.6 Å². The molecule has 0 bridgehead atoms. The maximum absolute atomic E-state index is 12.0. The number of nitrogens with one attached hydrogen (secondary N) is 2. The Labute approximate surface area is 138 Å². The van der Waals surface area contributed by atoms with E-state index in [0.717, 1.165) is 5.56 Å². The van der Waals surface area contributed by atoms with Crippen molar-refractivity contribution < 1.29 is 14.1 Å². The summed E-state index contributed by atoms with van der Waals surface area (Å²) in [5.41, 5.74) is 1.01. The van der Waals surface area contributed by atoms with Gasteiger partial charge in [0.25, 0.3) is 0 Å². The van der Waals surface area contributed by atoms with E-state index in [1.54, 1.807) is 32.2 Å². The average Bonchev–Trinajstić information content (AvgIpc) is 2.90. The minimum atomic E-state index is -0.400. The normalized spacial score (nSPS) is 11.8. The molecule has 2 heterocycles. The number of carbonyl (C=O) groups is 2. The number of pyridine rings is 1. The molecular formula is C15H18N4O3S. The Hall–Kier alpha value is -2.35. The molecule has 7 nitrogen and oxygen atoms in total. The molecule has 2 aromatic rings. The predicted molar refractivity (Wildman–Crippen MR) is 89.4 cm³/mol. The second-order valence-electron chi connectivity index (χ2n) is 5.03. The van der Waals surface area contributed by atoms with E-state index in [1.807, 2.05) is 13.0 Å². The fourth-order valence-electron chi connectivity index (χ4n) is 1.71. The molecule has 0 fully saturated rings. The summed E-state index contributed by atoms with van der Waals surface area (Å²) in [6.45, 7) is 5.39. The van der Waals surface area contributed by atoms with Gasteiger partial charge < -0.3 is 15.2 Å². The Morgan fingerprint density at radius 2 is 2.04 bits per heavy atom. The summed E-state index contributed by atoms with van der Waals surface area (Å²) in [5, 5.41) is 8.63. The Kier molecular flexibility index (Phi) is 5.75. The summed E-state index contributed by atoms with van der Waals surface area (Å²) < 4.78 is 4.88. The highest BCUT2D eigenvalue weighted by molar-refractivity contribution is 8.01. The van der Waals surface area contributed by atoms with Crippen LogP contribution in [0.25, 0.3) is 0 Å². The number of hydrogen-bond acceptors (Lipinski definition) is 6. The van der Waals surface area contributed by atoms with Gasteiger partial charge in [0.05, 0.1) is 11.0 Å². The topological polar surface area (TPSA) is 97.1 Å². The Balaban J connectivity index is 1.77. The number of anilines is 2. The molecule has 0 radical (unpaired) electrons. The third-order valence-corrected chi connectivity index (χ3v) is 4.04. The van der Waals surface area contributed by atoms with Crippen LogP contribution in [0, 0.1) is 13.8 Å². The van der Waals surface area contributed by atoms with Gasteiger partial charge in [0.2, 0.25) is 11.8 Å². The zero-order valence-corrected chi connectivity index (χ0v) is 13.9. The van der Waals surface area contributed by atoms with Crippen molar-refractivity contribution in [3.05, 3.63) is 35.7 Å². The lowest BCUT2D eigenvalue weighted by Crippen LogP contribution is -2.25. The smallest absolute Gasteiger partial charge is 0.238 e. The fraction of sp³-hybridized carbons (Fsp3) is 0.333. The molecule has 122 valence electrons. The van der Waals surface area contributed by atoms with E-state index in [-0.39, 0.29) is 17.6 Å². The second-order valence-corrected chi connectivity index (χ2v) is 6.36. The van der Waals surface area contributed by atoms with Crippen LogP contribution in [-0.2, 0) is 9.59 Å². The molecule has 0 spiro atoms. The first-order chi connectivity index (χ1) is 10.9. The summed E-state index contributed by atoms with van der Waals surface area (Å²) >= 11 is 1.23. The van der Waals surface area contributed by atoms with E-state index in [4.69, 9.17) is 4.52 Å². The van der Waals surface area contributed by atoms with E-state index in [9.17, 15) is 9.59 Å². The lowest BCUT2D eigenvalue weighted by Gasteiger charge is -2.10. The summed E-state index contributed by atoms with van der Waals surface area (Å²) in [6, 6.07) is 5.26. The molecule has 0 aromatic carbocycles. The molecule has 2 N–H and O–H groups in total. The molecule has 0 aliphatic carbocycles. The summed E-state index contributed by atoms with van der Waals surface area (Å²) in [4.78, 5) is 27.9. The van der Waals surface area contributed by atoms with Gasteiger partial charge >= 0.3 is 0 Å². The molecule has 1 atom stereocenters. The van der Waals surface area contributed by atoms with Crippen molar-refractivity contribution in [3.8, 4) is 0 Å². The van der Waals surface area contributed by atoms with Crippen LogP contribution in [0.1, 0.15) is 18.2 Å². The molecule has 2 rings (SSSR count). The van der Waals surface area contributed by atoms with Gasteiger partial charge in [-0.2, -0.15) is 0 Å². The van der Waals surface area contributed by atoms with Crippen molar-refractivity contribution >= 4 is 35.2 Å². The monoisotopic (exact) mass is 334 g/mol. The highest BCUT2D eigenvalue weighted by Crippen LogP contribution is 2.15. The van der Waals surface area contributed by atoms with Gasteiger partial charge in [-0.25, -0.2) is 4.98 Å². The van der Waals surface area contributed by atoms with Crippen molar-refractivity contribution in [2.24, 2.45) is 0 Å². The minimum absolute atomic E-state index is 0.155. The van der Waals surface area contributed by atoms with Gasteiger partial charge in [-0.3, -0.25) is 9.59 Å². The van der Waals surface area contributed by atoms with E-state index in [0.29, 0.717) is 17.4 Å². The van der Waals surface area contributed by atoms with Gasteiger partial charge in [0.15, 0.2) is 5.82 Å². The van der Waals surface area contributed by atoms with Crippen LogP contribution in [0.3, 0.4) is 0 Å². The lowest BCUT2D eigenvalue weighted by molar-refractivity contribution is -0.115. The molecule has 0 aliphatic heterocycles. The maximum atomic E-state index is 12.0. The number of hydrogen-bond donors (Lipinski definition) is 2. The van der Waals surface area contributed by atoms with Gasteiger partial charge in [0, 0.05) is 12.3 Å². The molecule has 2 aromatic heterocycles. The maximum Gasteiger partial charge on any atom is 0.238 e. The van der Waals surface area contributed by atoms with Crippen molar-refractivity contribution in [1.29, 1.82) is 0 Å². The lowest BCUT2D eigenvalue weighted by atomic mass is 10.3. The van der Waals surface area contributed by atoms with E-state index in [2.05, 4.69) is 20.8 Å². The highest BCUT2D eigenvalue weighted by Gasteiger charge is 2.17. The molecule has 2 amide bonds. The molecule has 1 unspecified atom stereocenters. The van der Waals surface area contributed by atoms with Gasteiger partial charge in [-0.1, -0.05) is 5.16 Å². The van der Waals surface area contributed by atoms with Crippen molar-refractivity contribution in [3.63, 3.8) is 0 Å². The molecule has 23 heavy (non-hydrogen) atoms. The van der Waals surface area contributed by atoms with E-state index in [1.165, 1.54) is 11.8 Å². The first kappa shape index (κ1) is 17.0. The van der Waals surface area contributed by atoms with Crippen molar-refractivity contribution in [2.45, 2.75) is 26.0 Å². The van der Waals surface area contributed by atoms with Crippen LogP contribution in [0.5, 0.6) is 0 Å². The van der Waals surface area contributed by atoms with Crippen LogP contribution >= 0.6 is 11.8 Å². The third kappa shape index (κ3) is 5.41. The minimum Gasteiger partial charge on any atom is -0.360 e. The van der Waals surface area contributed by atoms with E-state index >= 15 is 0 Å². The van der Waals surface area contributed by atoms with Crippen LogP contribution in [0.4, 0.5) is 11.6 Å². The number of thioether (sulfide) groups is 1. The standard InChI is InChI=1S/C15H18N4O3S/c1-9-4-5-16-12(6-9)17-14(20)8-23-11(3)15(21)18-13-7-10(2)22-19-13/h4-7,11H,8H2,1-3H3,(H,16,17,20)(H,18,19,21). The van der Waals surface area contributed by atoms with Gasteiger partial charge in [0.1, 0.15) is 11.6 Å². The predicted octanol–water partition coefficient (Wildman–Crippen LogP) is 2.39. The summed E-state index contributed by atoms with van der Waals surface area (Å²) in [6.07, 6.45) is 1.63. The molecule has 8 heteroatoms. The van der Waals surface area contributed by atoms with E-state index < -0.39 is 5.25 Å². The number of rotatable bonds is 6. The SMILES string of the molecule is Cc1ccnc(NC(=O)CSC(C)C(=O)Nc2cc(C)on2)c1. The van der Waals surface area contributed by atoms with Crippen LogP contribution in [0.15, 0.2) is 28.9 Å². The quantitative estimate of drug-likeness (QED) is 0.842. The largest absolute Gasteiger partial charge is 0.360 e. The van der Waals surface area contributed by atoms with Crippen LogP contribution in [0.2, 0.25) is 0 Å². The first-order valence-electron chi connectivity index (χ1n) is 7.02. The number of aryl methyl sites for hydroxylation is 2. The van der Waals surface area contributed by atoms with Crippen molar-refractivity contribution in [1.82, 2.24) is 10.1 Å². The van der Waals surface area contributed by atoms with Crippen molar-refractivity contribution in [2.75, 3.05) is 16.4 Å². The number of aromatic nitrogens is 2. The Morgan fingerprint density at radius 3 is 2.70 bits per heavy atom. The summed E-state index contributed by atoms with van der Waals surface area (Å²) in [7, 11) is 0. The Morgan fingerprint density at radius 1 is 1.26 bits per heavy atom. The van der Waals surface area contributed by atoms with Crippen LogP contribution in [-0.4, -0.2) is 33.0 Å². The second kappa shape index (κ2) is 7.77. The molecule has 0 saturated carbocycles. The molecule has 0 saturated heterocycles. The van der Waals surface area contributed by atoms with Gasteiger partial charge in [-0.15, -0.1) is 11.8 Å². The summed E-state index contributed by atoms with van der Waals surface area (Å²) in [5.74, 6) is 1.21. The zero-order valence-electron chi connectivity index (χ0n) is 13.1. The highest BCUT2D eigenvalue weighted by atomic mass is 32.2. The number of nitrogens with zero attached hydrogens (tertiary/aromatic N) is 2.